The van der Waals surface area contributed by atoms with E-state index in [0.29, 0.717) is 30.7 Å². The van der Waals surface area contributed by atoms with Crippen LogP contribution >= 0.6 is 0 Å². The Balaban J connectivity index is 3.07. The van der Waals surface area contributed by atoms with Gasteiger partial charge >= 0.3 is 0 Å². The first-order valence-electron chi connectivity index (χ1n) is 6.73. The van der Waals surface area contributed by atoms with Crippen LogP contribution in [-0.4, -0.2) is 47.1 Å². The maximum Gasteiger partial charge on any atom is 0.242 e. The molecule has 0 fully saturated rings. The van der Waals surface area contributed by atoms with E-state index in [4.69, 9.17) is 4.74 Å². The van der Waals surface area contributed by atoms with E-state index in [9.17, 15) is 12.8 Å². The minimum atomic E-state index is -3.62. The lowest BCUT2D eigenvalue weighted by Crippen LogP contribution is -2.29. The fourth-order valence-electron chi connectivity index (χ4n) is 2.01. The van der Waals surface area contributed by atoms with Crippen molar-refractivity contribution in [2.24, 2.45) is 0 Å². The van der Waals surface area contributed by atoms with E-state index < -0.39 is 10.0 Å². The van der Waals surface area contributed by atoms with Crippen LogP contribution in [0.1, 0.15) is 17.5 Å². The highest BCUT2D eigenvalue weighted by Crippen LogP contribution is 2.21. The second kappa shape index (κ2) is 7.84. The zero-order valence-corrected chi connectivity index (χ0v) is 13.8. The molecule has 7 heteroatoms. The largest absolute Gasteiger partial charge is 0.385 e. The molecule has 120 valence electrons. The van der Waals surface area contributed by atoms with Gasteiger partial charge < -0.3 is 10.1 Å². The summed E-state index contributed by atoms with van der Waals surface area (Å²) in [5.74, 6) is -0.370. The molecule has 1 N–H and O–H groups in total. The molecule has 0 saturated heterocycles. The third kappa shape index (κ3) is 4.47. The van der Waals surface area contributed by atoms with Crippen LogP contribution in [0.4, 0.5) is 4.39 Å². The molecule has 0 bridgehead atoms. The summed E-state index contributed by atoms with van der Waals surface area (Å²) in [5.41, 5.74) is 0.674. The molecule has 0 aliphatic rings. The Morgan fingerprint density at radius 3 is 2.62 bits per heavy atom. The van der Waals surface area contributed by atoms with E-state index in [2.05, 4.69) is 5.32 Å². The number of sulfonamides is 1. The van der Waals surface area contributed by atoms with Crippen molar-refractivity contribution in [1.29, 1.82) is 0 Å². The predicted molar refractivity (Wildman–Crippen MR) is 80.2 cm³/mol. The lowest BCUT2D eigenvalue weighted by atomic mass is 10.1. The van der Waals surface area contributed by atoms with Gasteiger partial charge in [-0.3, -0.25) is 0 Å². The van der Waals surface area contributed by atoms with Gasteiger partial charge in [0.15, 0.2) is 0 Å². The average molecular weight is 318 g/mol. The average Bonchev–Trinajstić information content (AvgIpc) is 2.43. The lowest BCUT2D eigenvalue weighted by Gasteiger charge is -2.18. The van der Waals surface area contributed by atoms with Gasteiger partial charge in [0.2, 0.25) is 10.0 Å². The number of methoxy groups -OCH3 is 1. The molecule has 0 amide bonds. The summed E-state index contributed by atoms with van der Waals surface area (Å²) in [4.78, 5) is 0.117. The molecular weight excluding hydrogens is 295 g/mol. The van der Waals surface area contributed by atoms with Gasteiger partial charge in [0.1, 0.15) is 5.82 Å². The quantitative estimate of drug-likeness (QED) is 0.738. The first-order chi connectivity index (χ1) is 9.84. The number of aryl methyl sites for hydroxylation is 1. The Morgan fingerprint density at radius 1 is 1.38 bits per heavy atom. The fraction of sp³-hybridized carbons (Fsp3) is 0.571. The van der Waals surface area contributed by atoms with Gasteiger partial charge in [-0.2, -0.15) is 0 Å². The number of ether oxygens (including phenoxy) is 1. The van der Waals surface area contributed by atoms with Crippen molar-refractivity contribution in [2.45, 2.75) is 24.8 Å². The van der Waals surface area contributed by atoms with Crippen molar-refractivity contribution in [1.82, 2.24) is 9.62 Å². The molecule has 21 heavy (non-hydrogen) atoms. The van der Waals surface area contributed by atoms with E-state index in [1.165, 1.54) is 23.5 Å². The van der Waals surface area contributed by atoms with Gasteiger partial charge in [-0.1, -0.05) is 0 Å². The molecule has 1 aromatic rings. The van der Waals surface area contributed by atoms with E-state index >= 15 is 0 Å². The van der Waals surface area contributed by atoms with E-state index in [0.717, 1.165) is 0 Å². The van der Waals surface area contributed by atoms with Crippen LogP contribution in [0.5, 0.6) is 0 Å². The Kier molecular flexibility index (Phi) is 6.73. The Hall–Kier alpha value is -1.02. The van der Waals surface area contributed by atoms with Gasteiger partial charge in [-0.05, 0) is 38.1 Å². The fourth-order valence-corrected chi connectivity index (χ4v) is 3.35. The van der Waals surface area contributed by atoms with Crippen LogP contribution in [-0.2, 0) is 21.3 Å². The Labute approximate surface area is 126 Å². The molecule has 5 nitrogen and oxygen atoms in total. The molecule has 1 rings (SSSR count). The molecule has 0 atom stereocenters. The van der Waals surface area contributed by atoms with Crippen molar-refractivity contribution in [3.8, 4) is 0 Å². The van der Waals surface area contributed by atoms with Crippen LogP contribution in [0.25, 0.3) is 0 Å². The van der Waals surface area contributed by atoms with Gasteiger partial charge in [-0.25, -0.2) is 17.1 Å². The Bertz CT molecular complexity index is 576. The summed E-state index contributed by atoms with van der Waals surface area (Å²) in [6.07, 6.45) is 0.607. The molecule has 0 spiro atoms. The number of hydrogen-bond donors (Lipinski definition) is 1. The highest BCUT2D eigenvalue weighted by Gasteiger charge is 2.22. The number of rotatable bonds is 8. The summed E-state index contributed by atoms with van der Waals surface area (Å²) in [6, 6.07) is 2.76. The number of nitrogens with zero attached hydrogens (tertiary/aromatic N) is 1. The number of halogens is 1. The highest BCUT2D eigenvalue weighted by atomic mass is 32.2. The van der Waals surface area contributed by atoms with Crippen molar-refractivity contribution < 1.29 is 17.5 Å². The van der Waals surface area contributed by atoms with Crippen molar-refractivity contribution in [3.05, 3.63) is 29.1 Å². The summed E-state index contributed by atoms with van der Waals surface area (Å²) < 4.78 is 45.1. The SMILES string of the molecule is CNCc1cc(S(=O)(=O)N(C)CCCOC)cc(C)c1F. The molecule has 0 unspecified atom stereocenters. The summed E-state index contributed by atoms with van der Waals surface area (Å²) in [5, 5.41) is 2.84. The maximum atomic E-state index is 13.9. The lowest BCUT2D eigenvalue weighted by molar-refractivity contribution is 0.189. The topological polar surface area (TPSA) is 58.6 Å². The van der Waals surface area contributed by atoms with Crippen LogP contribution in [0.15, 0.2) is 17.0 Å². The number of nitrogens with one attached hydrogen (secondary N) is 1. The molecule has 1 aromatic carbocycles. The zero-order valence-electron chi connectivity index (χ0n) is 12.9. The van der Waals surface area contributed by atoms with Crippen molar-refractivity contribution in [3.63, 3.8) is 0 Å². The van der Waals surface area contributed by atoms with Crippen LogP contribution in [0.3, 0.4) is 0 Å². The third-order valence-electron chi connectivity index (χ3n) is 3.20. The van der Waals surface area contributed by atoms with Crippen LogP contribution < -0.4 is 5.32 Å². The molecule has 0 aliphatic carbocycles. The molecule has 0 heterocycles. The molecule has 0 aromatic heterocycles. The zero-order chi connectivity index (χ0) is 16.0. The van der Waals surface area contributed by atoms with Gasteiger partial charge in [-0.15, -0.1) is 0 Å². The second-order valence-corrected chi connectivity index (χ2v) is 6.96. The minimum absolute atomic E-state index is 0.117. The second-order valence-electron chi connectivity index (χ2n) is 4.92. The van der Waals surface area contributed by atoms with E-state index in [1.54, 1.807) is 21.1 Å². The molecule has 0 saturated carbocycles. The van der Waals surface area contributed by atoms with E-state index in [1.807, 2.05) is 0 Å². The van der Waals surface area contributed by atoms with Gasteiger partial charge in [0.25, 0.3) is 0 Å². The van der Waals surface area contributed by atoms with Crippen LogP contribution in [0, 0.1) is 12.7 Å². The number of benzene rings is 1. The van der Waals surface area contributed by atoms with E-state index in [-0.39, 0.29) is 17.3 Å². The monoisotopic (exact) mass is 318 g/mol. The molecular formula is C14H23FN2O3S. The van der Waals surface area contributed by atoms with Crippen molar-refractivity contribution in [2.75, 3.05) is 34.4 Å². The summed E-state index contributed by atoms with van der Waals surface area (Å²) in [6.45, 7) is 2.70. The maximum absolute atomic E-state index is 13.9. The minimum Gasteiger partial charge on any atom is -0.385 e. The Morgan fingerprint density at radius 2 is 2.05 bits per heavy atom. The first-order valence-corrected chi connectivity index (χ1v) is 8.17. The first kappa shape index (κ1) is 18.0. The van der Waals surface area contributed by atoms with Crippen LogP contribution in [0.2, 0.25) is 0 Å². The summed E-state index contributed by atoms with van der Waals surface area (Å²) in [7, 11) is 1.16. The smallest absolute Gasteiger partial charge is 0.242 e. The highest BCUT2D eigenvalue weighted by molar-refractivity contribution is 7.89. The predicted octanol–water partition coefficient (Wildman–Crippen LogP) is 1.51. The summed E-state index contributed by atoms with van der Waals surface area (Å²) >= 11 is 0. The molecule has 0 radical (unpaired) electrons. The van der Waals surface area contributed by atoms with Gasteiger partial charge in [0.05, 0.1) is 4.90 Å². The standard InChI is InChI=1S/C14H23FN2O3S/c1-11-8-13(9-12(10-16-2)14(11)15)21(18,19)17(3)6-5-7-20-4/h8-9,16H,5-7,10H2,1-4H3. The number of hydrogen-bond acceptors (Lipinski definition) is 4. The van der Waals surface area contributed by atoms with Gasteiger partial charge in [0, 0.05) is 39.4 Å². The molecule has 0 aliphatic heterocycles. The third-order valence-corrected chi connectivity index (χ3v) is 5.03. The van der Waals surface area contributed by atoms with Crippen molar-refractivity contribution >= 4 is 10.0 Å². The normalized spacial score (nSPS) is 12.1.